The van der Waals surface area contributed by atoms with Gasteiger partial charge in [-0.15, -0.1) is 0 Å². The Morgan fingerprint density at radius 1 is 1.19 bits per heavy atom. The van der Waals surface area contributed by atoms with E-state index in [1.54, 1.807) is 6.07 Å². The molecule has 0 saturated carbocycles. The van der Waals surface area contributed by atoms with Crippen LogP contribution >= 0.6 is 0 Å². The second-order valence-electron chi connectivity index (χ2n) is 5.65. The first-order valence-corrected chi connectivity index (χ1v) is 7.78. The summed E-state index contributed by atoms with van der Waals surface area (Å²) in [5, 5.41) is 3.35. The first-order valence-electron chi connectivity index (χ1n) is 7.78. The third-order valence-corrected chi connectivity index (χ3v) is 3.09. The average molecular weight is 297 g/mol. The summed E-state index contributed by atoms with van der Waals surface area (Å²) < 4.78 is 25.0. The van der Waals surface area contributed by atoms with Crippen LogP contribution in [0, 0.1) is 11.7 Å². The van der Waals surface area contributed by atoms with E-state index in [1.807, 2.05) is 13.0 Å². The Labute approximate surface area is 127 Å². The van der Waals surface area contributed by atoms with E-state index in [2.05, 4.69) is 26.1 Å². The molecule has 0 aliphatic rings. The SMILES string of the molecule is CCCNC(C)c1cccc(F)c1OCCOCC(C)C. The van der Waals surface area contributed by atoms with Crippen LogP contribution < -0.4 is 10.1 Å². The maximum Gasteiger partial charge on any atom is 0.165 e. The van der Waals surface area contributed by atoms with Crippen LogP contribution in [0.4, 0.5) is 4.39 Å². The lowest BCUT2D eigenvalue weighted by atomic mass is 10.1. The van der Waals surface area contributed by atoms with Gasteiger partial charge in [0.1, 0.15) is 6.61 Å². The van der Waals surface area contributed by atoms with Gasteiger partial charge in [0.05, 0.1) is 6.61 Å². The van der Waals surface area contributed by atoms with Crippen LogP contribution in [0.2, 0.25) is 0 Å². The van der Waals surface area contributed by atoms with Crippen molar-refractivity contribution in [3.63, 3.8) is 0 Å². The molecule has 1 aromatic carbocycles. The summed E-state index contributed by atoms with van der Waals surface area (Å²) in [6, 6.07) is 5.12. The van der Waals surface area contributed by atoms with Crippen molar-refractivity contribution in [1.29, 1.82) is 0 Å². The summed E-state index contributed by atoms with van der Waals surface area (Å²) in [5.41, 5.74) is 0.854. The highest BCUT2D eigenvalue weighted by atomic mass is 19.1. The number of nitrogens with one attached hydrogen (secondary N) is 1. The fraction of sp³-hybridized carbons (Fsp3) is 0.647. The van der Waals surface area contributed by atoms with E-state index in [4.69, 9.17) is 9.47 Å². The van der Waals surface area contributed by atoms with E-state index in [9.17, 15) is 4.39 Å². The number of rotatable bonds is 10. The fourth-order valence-corrected chi connectivity index (χ4v) is 2.01. The smallest absolute Gasteiger partial charge is 0.165 e. The van der Waals surface area contributed by atoms with Crippen molar-refractivity contribution in [2.24, 2.45) is 5.92 Å². The van der Waals surface area contributed by atoms with Crippen LogP contribution in [-0.4, -0.2) is 26.4 Å². The zero-order valence-electron chi connectivity index (χ0n) is 13.6. The zero-order valence-corrected chi connectivity index (χ0v) is 13.6. The number of ether oxygens (including phenoxy) is 2. The van der Waals surface area contributed by atoms with E-state index >= 15 is 0 Å². The minimum Gasteiger partial charge on any atom is -0.488 e. The molecule has 0 radical (unpaired) electrons. The van der Waals surface area contributed by atoms with E-state index in [0.717, 1.165) is 18.5 Å². The predicted octanol–water partition coefficient (Wildman–Crippen LogP) is 3.94. The Morgan fingerprint density at radius 2 is 1.95 bits per heavy atom. The first-order chi connectivity index (χ1) is 10.1. The summed E-state index contributed by atoms with van der Waals surface area (Å²) in [5.74, 6) is 0.510. The lowest BCUT2D eigenvalue weighted by Gasteiger charge is -2.18. The Balaban J connectivity index is 2.58. The van der Waals surface area contributed by atoms with E-state index in [0.29, 0.717) is 31.5 Å². The standard InChI is InChI=1S/C17H28FNO2/c1-5-9-19-14(4)15-7-6-8-16(18)17(15)21-11-10-20-12-13(2)3/h6-8,13-14,19H,5,9-12H2,1-4H3. The summed E-state index contributed by atoms with van der Waals surface area (Å²) in [7, 11) is 0. The van der Waals surface area contributed by atoms with Gasteiger partial charge in [0.15, 0.2) is 11.6 Å². The Bertz CT molecular complexity index is 410. The summed E-state index contributed by atoms with van der Waals surface area (Å²) >= 11 is 0. The molecule has 0 heterocycles. The molecule has 21 heavy (non-hydrogen) atoms. The van der Waals surface area contributed by atoms with Gasteiger partial charge in [-0.2, -0.15) is 0 Å². The largest absolute Gasteiger partial charge is 0.488 e. The van der Waals surface area contributed by atoms with Gasteiger partial charge in [-0.05, 0) is 31.9 Å². The highest BCUT2D eigenvalue weighted by Gasteiger charge is 2.15. The monoisotopic (exact) mass is 297 g/mol. The van der Waals surface area contributed by atoms with Crippen LogP contribution in [-0.2, 0) is 4.74 Å². The minimum atomic E-state index is -0.318. The quantitative estimate of drug-likeness (QED) is 0.664. The molecule has 0 amide bonds. The van der Waals surface area contributed by atoms with E-state index in [-0.39, 0.29) is 11.9 Å². The Morgan fingerprint density at radius 3 is 2.62 bits per heavy atom. The molecule has 0 aliphatic heterocycles. The second kappa shape index (κ2) is 9.74. The van der Waals surface area contributed by atoms with Crippen molar-refractivity contribution in [2.75, 3.05) is 26.4 Å². The molecule has 1 unspecified atom stereocenters. The first kappa shape index (κ1) is 17.9. The molecule has 0 aromatic heterocycles. The number of para-hydroxylation sites is 1. The number of halogens is 1. The lowest BCUT2D eigenvalue weighted by molar-refractivity contribution is 0.0803. The third kappa shape index (κ3) is 6.44. The molecule has 4 heteroatoms. The second-order valence-corrected chi connectivity index (χ2v) is 5.65. The molecule has 1 aromatic rings. The van der Waals surface area contributed by atoms with Gasteiger partial charge in [-0.1, -0.05) is 32.9 Å². The third-order valence-electron chi connectivity index (χ3n) is 3.09. The van der Waals surface area contributed by atoms with E-state index in [1.165, 1.54) is 6.07 Å². The Kier molecular flexibility index (Phi) is 8.31. The molecule has 3 nitrogen and oxygen atoms in total. The molecular formula is C17H28FNO2. The van der Waals surface area contributed by atoms with Crippen molar-refractivity contribution in [3.05, 3.63) is 29.6 Å². The summed E-state index contributed by atoms with van der Waals surface area (Å²) in [6.45, 7) is 10.7. The molecule has 0 fully saturated rings. The normalized spacial score (nSPS) is 12.7. The van der Waals surface area contributed by atoms with Crippen LogP contribution in [0.25, 0.3) is 0 Å². The van der Waals surface area contributed by atoms with Gasteiger partial charge < -0.3 is 14.8 Å². The molecule has 0 aliphatic carbocycles. The molecule has 0 saturated heterocycles. The van der Waals surface area contributed by atoms with Crippen molar-refractivity contribution in [1.82, 2.24) is 5.32 Å². The van der Waals surface area contributed by atoms with Gasteiger partial charge >= 0.3 is 0 Å². The van der Waals surface area contributed by atoms with Crippen LogP contribution in [0.5, 0.6) is 5.75 Å². The Hall–Kier alpha value is -1.13. The van der Waals surface area contributed by atoms with Gasteiger partial charge in [0, 0.05) is 18.2 Å². The van der Waals surface area contributed by atoms with Crippen molar-refractivity contribution in [3.8, 4) is 5.75 Å². The van der Waals surface area contributed by atoms with Gasteiger partial charge in [-0.3, -0.25) is 0 Å². The van der Waals surface area contributed by atoms with Crippen molar-refractivity contribution in [2.45, 2.75) is 40.2 Å². The number of benzene rings is 1. The maximum atomic E-state index is 14.0. The molecule has 1 rings (SSSR count). The number of hydrogen-bond donors (Lipinski definition) is 1. The molecule has 0 bridgehead atoms. The molecule has 1 atom stereocenters. The number of hydrogen-bond acceptors (Lipinski definition) is 3. The minimum absolute atomic E-state index is 0.0623. The highest BCUT2D eigenvalue weighted by molar-refractivity contribution is 5.37. The molecule has 120 valence electrons. The van der Waals surface area contributed by atoms with Crippen LogP contribution in [0.3, 0.4) is 0 Å². The summed E-state index contributed by atoms with van der Waals surface area (Å²) in [4.78, 5) is 0. The lowest BCUT2D eigenvalue weighted by Crippen LogP contribution is -2.21. The topological polar surface area (TPSA) is 30.5 Å². The van der Waals surface area contributed by atoms with Gasteiger partial charge in [0.2, 0.25) is 0 Å². The molecular weight excluding hydrogens is 269 g/mol. The molecule has 1 N–H and O–H groups in total. The van der Waals surface area contributed by atoms with Gasteiger partial charge in [0.25, 0.3) is 0 Å². The van der Waals surface area contributed by atoms with Crippen LogP contribution in [0.15, 0.2) is 18.2 Å². The maximum absolute atomic E-state index is 14.0. The van der Waals surface area contributed by atoms with E-state index < -0.39 is 0 Å². The summed E-state index contributed by atoms with van der Waals surface area (Å²) in [6.07, 6.45) is 1.04. The van der Waals surface area contributed by atoms with Crippen molar-refractivity contribution >= 4 is 0 Å². The zero-order chi connectivity index (χ0) is 15.7. The molecule has 0 spiro atoms. The highest BCUT2D eigenvalue weighted by Crippen LogP contribution is 2.28. The van der Waals surface area contributed by atoms with Crippen molar-refractivity contribution < 1.29 is 13.9 Å². The average Bonchev–Trinajstić information content (AvgIpc) is 2.45. The fourth-order valence-electron chi connectivity index (χ4n) is 2.01. The van der Waals surface area contributed by atoms with Crippen LogP contribution in [0.1, 0.15) is 45.7 Å². The van der Waals surface area contributed by atoms with Gasteiger partial charge in [-0.25, -0.2) is 4.39 Å². The predicted molar refractivity (Wildman–Crippen MR) is 84.3 cm³/mol.